The summed E-state index contributed by atoms with van der Waals surface area (Å²) in [4.78, 5) is 8.96. The Kier molecular flexibility index (Phi) is 5.89. The lowest BCUT2D eigenvalue weighted by Gasteiger charge is -2.33. The van der Waals surface area contributed by atoms with Crippen molar-refractivity contribution in [2.45, 2.75) is 31.6 Å². The number of rotatable bonds is 5. The molecule has 1 aliphatic rings. The van der Waals surface area contributed by atoms with Gasteiger partial charge in [0, 0.05) is 6.42 Å². The smallest absolute Gasteiger partial charge is 0.201 e. The number of aliphatic imine (C=N–C) groups is 2. The first-order valence-corrected chi connectivity index (χ1v) is 9.36. The highest BCUT2D eigenvalue weighted by Gasteiger charge is 2.30. The number of hydrogen-bond acceptors (Lipinski definition) is 4. The lowest BCUT2D eigenvalue weighted by atomic mass is 10.1. The van der Waals surface area contributed by atoms with Gasteiger partial charge in [-0.05, 0) is 36.6 Å². The second-order valence-electron chi connectivity index (χ2n) is 6.48. The summed E-state index contributed by atoms with van der Waals surface area (Å²) in [5, 5.41) is 7.12. The number of benzene rings is 2. The normalized spacial score (nSPS) is 21.9. The topological polar surface area (TPSA) is 101 Å². The highest BCUT2D eigenvalue weighted by Crippen LogP contribution is 2.24. The number of guanidine groups is 2. The van der Waals surface area contributed by atoms with Crippen molar-refractivity contribution in [2.24, 2.45) is 21.5 Å². The van der Waals surface area contributed by atoms with Gasteiger partial charge in [-0.3, -0.25) is 11.1 Å². The van der Waals surface area contributed by atoms with Gasteiger partial charge in [0.1, 0.15) is 0 Å². The molecule has 142 valence electrons. The zero-order valence-corrected chi connectivity index (χ0v) is 16.4. The molecule has 8 heteroatoms. The summed E-state index contributed by atoms with van der Waals surface area (Å²) in [6.45, 7) is 2.00. The van der Waals surface area contributed by atoms with Crippen LogP contribution in [0.4, 0.5) is 0 Å². The number of nitrogens with zero attached hydrogens (tertiary/aromatic N) is 2. The monoisotopic (exact) mass is 404 g/mol. The molecule has 1 heterocycles. The van der Waals surface area contributed by atoms with Gasteiger partial charge in [-0.1, -0.05) is 59.6 Å². The molecule has 0 bridgehead atoms. The summed E-state index contributed by atoms with van der Waals surface area (Å²) in [7, 11) is 0. The first kappa shape index (κ1) is 19.5. The first-order chi connectivity index (χ1) is 12.8. The van der Waals surface area contributed by atoms with Gasteiger partial charge in [0.15, 0.2) is 11.7 Å². The summed E-state index contributed by atoms with van der Waals surface area (Å²) in [5.41, 5.74) is 14.4. The van der Waals surface area contributed by atoms with Crippen molar-refractivity contribution < 1.29 is 0 Å². The minimum Gasteiger partial charge on any atom is -0.370 e. The van der Waals surface area contributed by atoms with Crippen LogP contribution in [0.3, 0.4) is 0 Å². The molecule has 6 nitrogen and oxygen atoms in total. The van der Waals surface area contributed by atoms with E-state index in [1.165, 1.54) is 0 Å². The molecule has 0 saturated heterocycles. The van der Waals surface area contributed by atoms with Gasteiger partial charge in [0.25, 0.3) is 0 Å². The molecule has 2 atom stereocenters. The van der Waals surface area contributed by atoms with Gasteiger partial charge in [-0.25, -0.2) is 9.98 Å². The van der Waals surface area contributed by atoms with E-state index in [2.05, 4.69) is 20.6 Å². The fraction of sp³-hybridized carbons (Fsp3) is 0.263. The van der Waals surface area contributed by atoms with Crippen molar-refractivity contribution in [3.8, 4) is 0 Å². The van der Waals surface area contributed by atoms with E-state index < -0.39 is 5.79 Å². The van der Waals surface area contributed by atoms with E-state index in [0.29, 0.717) is 28.8 Å². The predicted molar refractivity (Wildman–Crippen MR) is 112 cm³/mol. The first-order valence-electron chi connectivity index (χ1n) is 8.61. The Morgan fingerprint density at radius 1 is 1.15 bits per heavy atom. The maximum absolute atomic E-state index is 6.41. The van der Waals surface area contributed by atoms with E-state index in [1.807, 2.05) is 49.4 Å². The number of nitrogens with two attached hydrogens (primary N) is 2. The van der Waals surface area contributed by atoms with Crippen LogP contribution in [-0.4, -0.2) is 17.7 Å². The van der Waals surface area contributed by atoms with Gasteiger partial charge in [-0.15, -0.1) is 0 Å². The average molecular weight is 405 g/mol. The maximum Gasteiger partial charge on any atom is 0.201 e. The lowest BCUT2D eigenvalue weighted by molar-refractivity contribution is 0.369. The van der Waals surface area contributed by atoms with Gasteiger partial charge in [0.2, 0.25) is 5.96 Å². The van der Waals surface area contributed by atoms with E-state index >= 15 is 0 Å². The minimum atomic E-state index is -1.06. The van der Waals surface area contributed by atoms with Crippen LogP contribution >= 0.6 is 23.2 Å². The number of halogens is 2. The third-order valence-electron chi connectivity index (χ3n) is 4.28. The molecule has 0 aliphatic carbocycles. The van der Waals surface area contributed by atoms with E-state index in [-0.39, 0.29) is 12.0 Å². The molecule has 27 heavy (non-hydrogen) atoms. The third kappa shape index (κ3) is 5.13. The molecule has 1 aliphatic heterocycles. The van der Waals surface area contributed by atoms with Crippen LogP contribution in [0.1, 0.15) is 30.5 Å². The van der Waals surface area contributed by atoms with Crippen molar-refractivity contribution in [1.29, 1.82) is 0 Å². The Balaban J connectivity index is 1.72. The van der Waals surface area contributed by atoms with Crippen molar-refractivity contribution in [3.63, 3.8) is 0 Å². The molecule has 2 aromatic rings. The highest BCUT2D eigenvalue weighted by molar-refractivity contribution is 6.42. The highest BCUT2D eigenvalue weighted by atomic mass is 35.5. The number of aryl methyl sites for hydroxylation is 1. The molecular formula is C19H22Cl2N6. The van der Waals surface area contributed by atoms with E-state index in [4.69, 9.17) is 34.7 Å². The molecule has 0 aromatic heterocycles. The quantitative estimate of drug-likeness (QED) is 0.614. The summed E-state index contributed by atoms with van der Waals surface area (Å²) in [6, 6.07) is 15.4. The number of hydrogen-bond donors (Lipinski definition) is 4. The summed E-state index contributed by atoms with van der Waals surface area (Å²) in [6.07, 6.45) is 1.16. The summed E-state index contributed by atoms with van der Waals surface area (Å²) < 4.78 is 0. The molecule has 0 saturated carbocycles. The molecule has 3 rings (SSSR count). The van der Waals surface area contributed by atoms with E-state index in [9.17, 15) is 0 Å². The molecule has 0 fully saturated rings. The lowest BCUT2D eigenvalue weighted by Crippen LogP contribution is -2.64. The van der Waals surface area contributed by atoms with Gasteiger partial charge in [0.05, 0.1) is 16.1 Å². The average Bonchev–Trinajstić information content (AvgIpc) is 2.63. The Morgan fingerprint density at radius 3 is 2.59 bits per heavy atom. The van der Waals surface area contributed by atoms with E-state index in [0.717, 1.165) is 11.1 Å². The molecule has 0 amide bonds. The van der Waals surface area contributed by atoms with Crippen molar-refractivity contribution in [2.75, 3.05) is 0 Å². The Morgan fingerprint density at radius 2 is 1.89 bits per heavy atom. The van der Waals surface area contributed by atoms with Crippen LogP contribution in [-0.2, 0) is 6.42 Å². The second kappa shape index (κ2) is 8.17. The molecule has 0 radical (unpaired) electrons. The van der Waals surface area contributed by atoms with Crippen LogP contribution in [0, 0.1) is 0 Å². The van der Waals surface area contributed by atoms with Crippen LogP contribution in [0.5, 0.6) is 0 Å². The van der Waals surface area contributed by atoms with Crippen LogP contribution in [0.15, 0.2) is 58.5 Å². The SMILES string of the molecule is C[C@H](N=C1NC(N)=NC(N)(CCc2ccc(Cl)c(Cl)c2)N1)c1ccccc1. The minimum absolute atomic E-state index is 0.0635. The Bertz CT molecular complexity index is 868. The molecule has 1 unspecified atom stereocenters. The van der Waals surface area contributed by atoms with Crippen molar-refractivity contribution >= 4 is 35.1 Å². The molecular weight excluding hydrogens is 383 g/mol. The summed E-state index contributed by atoms with van der Waals surface area (Å²) >= 11 is 12.0. The Labute approximate surface area is 168 Å². The fourth-order valence-electron chi connectivity index (χ4n) is 2.84. The Hall–Kier alpha value is -2.28. The standard InChI is InChI=1S/C19H22Cl2N6/c1-12(14-5-3-2-4-6-14)24-18-25-17(22)26-19(23,27-18)10-9-13-7-8-15(20)16(21)11-13/h2-8,11-12H,9-10,23H2,1H3,(H4,22,24,25,26,27)/t12-,19?/m0/s1. The van der Waals surface area contributed by atoms with Crippen molar-refractivity contribution in [3.05, 3.63) is 69.7 Å². The van der Waals surface area contributed by atoms with Crippen LogP contribution < -0.4 is 22.1 Å². The van der Waals surface area contributed by atoms with Gasteiger partial charge >= 0.3 is 0 Å². The molecule has 2 aromatic carbocycles. The largest absolute Gasteiger partial charge is 0.370 e. The van der Waals surface area contributed by atoms with Gasteiger partial charge < -0.3 is 11.1 Å². The molecule has 6 N–H and O–H groups in total. The fourth-order valence-corrected chi connectivity index (χ4v) is 3.16. The second-order valence-corrected chi connectivity index (χ2v) is 7.30. The summed E-state index contributed by atoms with van der Waals surface area (Å²) in [5.74, 6) is -0.337. The van der Waals surface area contributed by atoms with E-state index in [1.54, 1.807) is 6.07 Å². The zero-order chi connectivity index (χ0) is 19.4. The zero-order valence-electron chi connectivity index (χ0n) is 14.9. The van der Waals surface area contributed by atoms with Crippen LogP contribution in [0.25, 0.3) is 0 Å². The predicted octanol–water partition coefficient (Wildman–Crippen LogP) is 3.16. The third-order valence-corrected chi connectivity index (χ3v) is 5.02. The van der Waals surface area contributed by atoms with Crippen molar-refractivity contribution in [1.82, 2.24) is 10.6 Å². The number of nitrogens with one attached hydrogen (secondary N) is 2. The van der Waals surface area contributed by atoms with Crippen LogP contribution in [0.2, 0.25) is 10.0 Å². The van der Waals surface area contributed by atoms with Gasteiger partial charge in [-0.2, -0.15) is 0 Å². The molecule has 0 spiro atoms. The maximum atomic E-state index is 6.41.